The number of hydrogen-bond donors (Lipinski definition) is 0. The first-order valence-corrected chi connectivity index (χ1v) is 8.73. The Balaban J connectivity index is 3.80. The van der Waals surface area contributed by atoms with Gasteiger partial charge in [0.05, 0.1) is 0 Å². The van der Waals surface area contributed by atoms with Gasteiger partial charge >= 0.3 is 5.97 Å². The van der Waals surface area contributed by atoms with E-state index in [1.807, 2.05) is 0 Å². The van der Waals surface area contributed by atoms with Gasteiger partial charge in [0.2, 0.25) is 0 Å². The van der Waals surface area contributed by atoms with Gasteiger partial charge < -0.3 is 4.74 Å². The zero-order chi connectivity index (χ0) is 15.1. The van der Waals surface area contributed by atoms with E-state index < -0.39 is 0 Å². The Labute approximate surface area is 126 Å². The maximum absolute atomic E-state index is 11.7. The third kappa shape index (κ3) is 12.5. The molecule has 0 rings (SSSR count). The Hall–Kier alpha value is -0.530. The van der Waals surface area contributed by atoms with Crippen LogP contribution in [0.25, 0.3) is 0 Å². The number of carbonyl (C=O) groups is 1. The monoisotopic (exact) mass is 283 g/mol. The van der Waals surface area contributed by atoms with Crippen LogP contribution in [0.4, 0.5) is 0 Å². The molecule has 1 atom stereocenters. The SMILES string of the molecule is [CH2]CCCC(CCCCCCCC)OC(=O)CCCC. The molecule has 0 saturated heterocycles. The van der Waals surface area contributed by atoms with E-state index in [1.165, 1.54) is 38.5 Å². The fourth-order valence-electron chi connectivity index (χ4n) is 2.35. The fraction of sp³-hybridized carbons (Fsp3) is 0.889. The molecule has 1 radical (unpaired) electrons. The first-order valence-electron chi connectivity index (χ1n) is 8.73. The average Bonchev–Trinajstić information content (AvgIpc) is 2.45. The molecule has 0 amide bonds. The molecule has 0 N–H and O–H groups in total. The third-order valence-electron chi connectivity index (χ3n) is 3.69. The normalized spacial score (nSPS) is 12.3. The van der Waals surface area contributed by atoms with Crippen molar-refractivity contribution in [1.29, 1.82) is 0 Å². The van der Waals surface area contributed by atoms with Crippen molar-refractivity contribution in [2.45, 2.75) is 103 Å². The predicted octanol–water partition coefficient (Wildman–Crippen LogP) is 5.84. The van der Waals surface area contributed by atoms with E-state index in [2.05, 4.69) is 20.8 Å². The van der Waals surface area contributed by atoms with Gasteiger partial charge in [0.25, 0.3) is 0 Å². The summed E-state index contributed by atoms with van der Waals surface area (Å²) in [4.78, 5) is 11.7. The molecule has 0 aliphatic carbocycles. The van der Waals surface area contributed by atoms with Crippen molar-refractivity contribution in [3.05, 3.63) is 6.92 Å². The molecule has 0 aromatic heterocycles. The number of hydrogen-bond acceptors (Lipinski definition) is 2. The molecule has 0 aromatic rings. The molecule has 0 fully saturated rings. The van der Waals surface area contributed by atoms with Crippen LogP contribution in [-0.4, -0.2) is 12.1 Å². The van der Waals surface area contributed by atoms with Crippen molar-refractivity contribution in [2.24, 2.45) is 0 Å². The summed E-state index contributed by atoms with van der Waals surface area (Å²) in [5.74, 6) is -0.00750. The maximum Gasteiger partial charge on any atom is 0.306 e. The van der Waals surface area contributed by atoms with Crippen molar-refractivity contribution in [3.63, 3.8) is 0 Å². The highest BCUT2D eigenvalue weighted by molar-refractivity contribution is 5.69. The van der Waals surface area contributed by atoms with Gasteiger partial charge in [-0.2, -0.15) is 0 Å². The lowest BCUT2D eigenvalue weighted by molar-refractivity contribution is -0.150. The van der Waals surface area contributed by atoms with Gasteiger partial charge in [-0.15, -0.1) is 0 Å². The molecular formula is C18H35O2. The summed E-state index contributed by atoms with van der Waals surface area (Å²) in [6.07, 6.45) is 14.5. The minimum atomic E-state index is -0.00750. The van der Waals surface area contributed by atoms with Crippen molar-refractivity contribution in [1.82, 2.24) is 0 Å². The molecule has 119 valence electrons. The van der Waals surface area contributed by atoms with Crippen LogP contribution in [0.15, 0.2) is 0 Å². The maximum atomic E-state index is 11.7. The van der Waals surface area contributed by atoms with E-state index in [4.69, 9.17) is 4.74 Å². The van der Waals surface area contributed by atoms with E-state index in [1.54, 1.807) is 0 Å². The highest BCUT2D eigenvalue weighted by atomic mass is 16.5. The second-order valence-electron chi connectivity index (χ2n) is 5.77. The summed E-state index contributed by atoms with van der Waals surface area (Å²) in [7, 11) is 0. The lowest BCUT2D eigenvalue weighted by Crippen LogP contribution is -2.18. The lowest BCUT2D eigenvalue weighted by atomic mass is 10.0. The topological polar surface area (TPSA) is 26.3 Å². The molecule has 0 spiro atoms. The van der Waals surface area contributed by atoms with Gasteiger partial charge in [-0.05, 0) is 32.1 Å². The van der Waals surface area contributed by atoms with Gasteiger partial charge in [0, 0.05) is 6.42 Å². The Morgan fingerprint density at radius 3 is 2.15 bits per heavy atom. The molecule has 0 aliphatic heterocycles. The van der Waals surface area contributed by atoms with Crippen molar-refractivity contribution in [2.75, 3.05) is 0 Å². The largest absolute Gasteiger partial charge is 0.462 e. The molecule has 2 nitrogen and oxygen atoms in total. The van der Waals surface area contributed by atoms with Crippen LogP contribution in [0.5, 0.6) is 0 Å². The van der Waals surface area contributed by atoms with Crippen LogP contribution in [0, 0.1) is 6.92 Å². The van der Waals surface area contributed by atoms with Crippen molar-refractivity contribution in [3.8, 4) is 0 Å². The predicted molar refractivity (Wildman–Crippen MR) is 86.6 cm³/mol. The smallest absolute Gasteiger partial charge is 0.306 e. The van der Waals surface area contributed by atoms with E-state index in [9.17, 15) is 4.79 Å². The molecule has 0 bridgehead atoms. The molecule has 1 unspecified atom stereocenters. The van der Waals surface area contributed by atoms with Gasteiger partial charge in [-0.25, -0.2) is 0 Å². The van der Waals surface area contributed by atoms with Crippen LogP contribution >= 0.6 is 0 Å². The van der Waals surface area contributed by atoms with Crippen molar-refractivity contribution >= 4 is 5.97 Å². The third-order valence-corrected chi connectivity index (χ3v) is 3.69. The molecule has 0 aromatic carbocycles. The van der Waals surface area contributed by atoms with E-state index >= 15 is 0 Å². The van der Waals surface area contributed by atoms with Crippen LogP contribution < -0.4 is 0 Å². The first-order chi connectivity index (χ1) is 9.74. The van der Waals surface area contributed by atoms with Gasteiger partial charge in [0.1, 0.15) is 6.10 Å². The summed E-state index contributed by atoms with van der Waals surface area (Å²) >= 11 is 0. The fourth-order valence-corrected chi connectivity index (χ4v) is 2.35. The molecular weight excluding hydrogens is 248 g/mol. The second-order valence-corrected chi connectivity index (χ2v) is 5.77. The Morgan fingerprint density at radius 1 is 0.900 bits per heavy atom. The van der Waals surface area contributed by atoms with E-state index in [0.29, 0.717) is 6.42 Å². The standard InChI is InChI=1S/C18H35O2/c1-4-7-10-11-12-13-15-17(14-8-5-2)20-18(19)16-9-6-3/h17H,2,4-16H2,1,3H3. The molecule has 2 heteroatoms. The molecule has 0 heterocycles. The first kappa shape index (κ1) is 19.5. The molecule has 0 aliphatic rings. The quantitative estimate of drug-likeness (QED) is 0.295. The van der Waals surface area contributed by atoms with Crippen LogP contribution in [0.1, 0.15) is 97.3 Å². The Kier molecular flexibility index (Phi) is 14.5. The van der Waals surface area contributed by atoms with Crippen LogP contribution in [0.2, 0.25) is 0 Å². The average molecular weight is 283 g/mol. The van der Waals surface area contributed by atoms with Gasteiger partial charge in [0.15, 0.2) is 0 Å². The van der Waals surface area contributed by atoms with Gasteiger partial charge in [-0.1, -0.05) is 65.7 Å². The van der Waals surface area contributed by atoms with Crippen LogP contribution in [0.3, 0.4) is 0 Å². The Bertz CT molecular complexity index is 213. The number of unbranched alkanes of at least 4 members (excludes halogenated alkanes) is 7. The number of ether oxygens (including phenoxy) is 1. The molecule has 0 saturated carbocycles. The number of rotatable bonds is 14. The second kappa shape index (κ2) is 14.9. The van der Waals surface area contributed by atoms with Crippen LogP contribution in [-0.2, 0) is 9.53 Å². The molecule has 20 heavy (non-hydrogen) atoms. The van der Waals surface area contributed by atoms with E-state index in [-0.39, 0.29) is 12.1 Å². The van der Waals surface area contributed by atoms with E-state index in [0.717, 1.165) is 38.5 Å². The van der Waals surface area contributed by atoms with Crippen molar-refractivity contribution < 1.29 is 9.53 Å². The minimum Gasteiger partial charge on any atom is -0.462 e. The zero-order valence-corrected chi connectivity index (χ0v) is 13.8. The highest BCUT2D eigenvalue weighted by Gasteiger charge is 2.13. The summed E-state index contributed by atoms with van der Waals surface area (Å²) in [6, 6.07) is 0. The van der Waals surface area contributed by atoms with Gasteiger partial charge in [-0.3, -0.25) is 4.79 Å². The summed E-state index contributed by atoms with van der Waals surface area (Å²) in [5.41, 5.74) is 0. The zero-order valence-electron chi connectivity index (χ0n) is 13.8. The summed E-state index contributed by atoms with van der Waals surface area (Å²) in [5, 5.41) is 0. The summed E-state index contributed by atoms with van der Waals surface area (Å²) < 4.78 is 5.62. The number of carbonyl (C=O) groups excluding carboxylic acids is 1. The minimum absolute atomic E-state index is 0.00750. The Morgan fingerprint density at radius 2 is 1.50 bits per heavy atom. The lowest BCUT2D eigenvalue weighted by Gasteiger charge is -2.17. The highest BCUT2D eigenvalue weighted by Crippen LogP contribution is 2.16. The number of esters is 1. The summed E-state index contributed by atoms with van der Waals surface area (Å²) in [6.45, 7) is 8.22.